The third-order valence-electron chi connectivity index (χ3n) is 2.62. The maximum absolute atomic E-state index is 11.4. The van der Waals surface area contributed by atoms with Crippen molar-refractivity contribution in [2.45, 2.75) is 18.9 Å². The van der Waals surface area contributed by atoms with Crippen LogP contribution in [0.5, 0.6) is 0 Å². The van der Waals surface area contributed by atoms with E-state index in [1.165, 1.54) is 24.1 Å². The molecule has 1 unspecified atom stereocenters. The van der Waals surface area contributed by atoms with Crippen LogP contribution in [0.3, 0.4) is 0 Å². The highest BCUT2D eigenvalue weighted by Gasteiger charge is 2.45. The van der Waals surface area contributed by atoms with Crippen LogP contribution in [0, 0.1) is 0 Å². The largest absolute Gasteiger partial charge is 0.479 e. The number of fused-ring (bicyclic) bond motifs is 1. The van der Waals surface area contributed by atoms with Crippen molar-refractivity contribution in [1.82, 2.24) is 4.90 Å². The summed E-state index contributed by atoms with van der Waals surface area (Å²) in [6, 6.07) is 0. The number of carbonyl (C=O) groups is 2. The lowest BCUT2D eigenvalue weighted by Crippen LogP contribution is -2.56. The van der Waals surface area contributed by atoms with Gasteiger partial charge in [-0.2, -0.15) is 4.99 Å². The molecule has 5 nitrogen and oxygen atoms in total. The van der Waals surface area contributed by atoms with E-state index in [-0.39, 0.29) is 6.42 Å². The Kier molecular flexibility index (Phi) is 2.35. The van der Waals surface area contributed by atoms with Crippen molar-refractivity contribution in [2.24, 2.45) is 4.99 Å². The fourth-order valence-electron chi connectivity index (χ4n) is 1.68. The lowest BCUT2D eigenvalue weighted by atomic mass is 9.92. The first-order chi connectivity index (χ1) is 7.43. The van der Waals surface area contributed by atoms with Gasteiger partial charge < -0.3 is 10.0 Å². The quantitative estimate of drug-likeness (QED) is 0.745. The number of aliphatic imine (C=N–C) groups is 1. The molecule has 2 aliphatic rings. The van der Waals surface area contributed by atoms with Gasteiger partial charge in [-0.3, -0.25) is 4.79 Å². The highest BCUT2D eigenvalue weighted by molar-refractivity contribution is 6.32. The van der Waals surface area contributed by atoms with Crippen LogP contribution in [0.4, 0.5) is 0 Å². The monoisotopic (exact) mass is 240 g/mol. The van der Waals surface area contributed by atoms with Crippen molar-refractivity contribution in [3.63, 3.8) is 0 Å². The fourth-order valence-corrected chi connectivity index (χ4v) is 1.84. The van der Waals surface area contributed by atoms with E-state index >= 15 is 0 Å². The van der Waals surface area contributed by atoms with Crippen LogP contribution in [0.1, 0.15) is 13.3 Å². The minimum Gasteiger partial charge on any atom is -0.479 e. The maximum Gasteiger partial charge on any atom is 0.330 e. The average Bonchev–Trinajstić information content (AvgIpc) is 2.19. The highest BCUT2D eigenvalue weighted by atomic mass is 35.5. The summed E-state index contributed by atoms with van der Waals surface area (Å²) in [7, 11) is 0. The van der Waals surface area contributed by atoms with Crippen LogP contribution in [-0.4, -0.2) is 33.3 Å². The maximum atomic E-state index is 11.4. The Balaban J connectivity index is 2.52. The second-order valence-corrected chi connectivity index (χ2v) is 4.27. The van der Waals surface area contributed by atoms with Crippen LogP contribution in [0.15, 0.2) is 28.4 Å². The van der Waals surface area contributed by atoms with Crippen LogP contribution in [0.25, 0.3) is 0 Å². The smallest absolute Gasteiger partial charge is 0.330 e. The number of allylic oxidation sites excluding steroid dienone is 2. The van der Waals surface area contributed by atoms with Crippen molar-refractivity contribution in [1.29, 1.82) is 0 Å². The SMILES string of the molecule is CC1(C(=O)O)CC(=O)N=C2C=CC(Cl)=CN21. The van der Waals surface area contributed by atoms with E-state index in [1.807, 2.05) is 0 Å². The van der Waals surface area contributed by atoms with E-state index in [2.05, 4.69) is 4.99 Å². The van der Waals surface area contributed by atoms with E-state index in [0.717, 1.165) is 0 Å². The van der Waals surface area contributed by atoms with E-state index in [9.17, 15) is 14.7 Å². The van der Waals surface area contributed by atoms with Gasteiger partial charge in [0, 0.05) is 6.20 Å². The summed E-state index contributed by atoms with van der Waals surface area (Å²) in [6.45, 7) is 1.47. The summed E-state index contributed by atoms with van der Waals surface area (Å²) in [6.07, 6.45) is 4.40. The second kappa shape index (κ2) is 3.45. The van der Waals surface area contributed by atoms with Gasteiger partial charge in [0.25, 0.3) is 5.91 Å². The summed E-state index contributed by atoms with van der Waals surface area (Å²) in [5, 5.41) is 9.60. The number of carboxylic acids is 1. The van der Waals surface area contributed by atoms with Gasteiger partial charge in [0.05, 0.1) is 11.5 Å². The van der Waals surface area contributed by atoms with Crippen molar-refractivity contribution >= 4 is 29.3 Å². The molecule has 1 amide bonds. The fraction of sp³-hybridized carbons (Fsp3) is 0.300. The Labute approximate surface area is 96.7 Å². The molecule has 2 heterocycles. The van der Waals surface area contributed by atoms with Gasteiger partial charge in [-0.1, -0.05) is 11.6 Å². The standard InChI is InChI=1S/C10H9ClN2O3/c1-10(9(15)16)4-8(14)12-7-3-2-6(11)5-13(7)10/h2-3,5H,4H2,1H3,(H,15,16). The lowest BCUT2D eigenvalue weighted by Gasteiger charge is -2.39. The van der Waals surface area contributed by atoms with Gasteiger partial charge in [-0.25, -0.2) is 4.79 Å². The highest BCUT2D eigenvalue weighted by Crippen LogP contribution is 2.30. The van der Waals surface area contributed by atoms with Gasteiger partial charge in [0.1, 0.15) is 11.4 Å². The molecule has 2 rings (SSSR count). The van der Waals surface area contributed by atoms with Crippen LogP contribution < -0.4 is 0 Å². The zero-order valence-corrected chi connectivity index (χ0v) is 9.23. The molecule has 0 aromatic rings. The summed E-state index contributed by atoms with van der Waals surface area (Å²) >= 11 is 5.80. The average molecular weight is 241 g/mol. The van der Waals surface area contributed by atoms with Gasteiger partial charge in [0.2, 0.25) is 0 Å². The molecule has 0 fully saturated rings. The normalized spacial score (nSPS) is 28.4. The number of carboxylic acid groups (broad SMARTS) is 1. The Morgan fingerprint density at radius 3 is 2.94 bits per heavy atom. The minimum absolute atomic E-state index is 0.166. The van der Waals surface area contributed by atoms with Crippen molar-refractivity contribution in [3.8, 4) is 0 Å². The minimum atomic E-state index is -1.32. The van der Waals surface area contributed by atoms with Gasteiger partial charge in [-0.05, 0) is 19.1 Å². The Morgan fingerprint density at radius 1 is 1.62 bits per heavy atom. The van der Waals surface area contributed by atoms with E-state index in [4.69, 9.17) is 11.6 Å². The number of carbonyl (C=O) groups excluding carboxylic acids is 1. The van der Waals surface area contributed by atoms with Crippen molar-refractivity contribution in [3.05, 3.63) is 23.4 Å². The summed E-state index contributed by atoms with van der Waals surface area (Å²) in [4.78, 5) is 27.8. The first-order valence-corrected chi connectivity index (χ1v) is 5.01. The number of rotatable bonds is 1. The number of amides is 1. The Bertz CT molecular complexity index is 467. The molecule has 0 bridgehead atoms. The topological polar surface area (TPSA) is 70.0 Å². The molecule has 0 saturated heterocycles. The molecule has 2 aliphatic heterocycles. The zero-order chi connectivity index (χ0) is 11.9. The number of hydrogen-bond acceptors (Lipinski definition) is 3. The molecule has 1 atom stereocenters. The van der Waals surface area contributed by atoms with E-state index in [1.54, 1.807) is 6.08 Å². The first-order valence-electron chi connectivity index (χ1n) is 4.63. The number of aliphatic carboxylic acids is 1. The molecule has 0 saturated carbocycles. The van der Waals surface area contributed by atoms with Crippen LogP contribution in [-0.2, 0) is 9.59 Å². The zero-order valence-electron chi connectivity index (χ0n) is 8.48. The molecule has 0 aliphatic carbocycles. The summed E-state index contributed by atoms with van der Waals surface area (Å²) in [5.74, 6) is -1.21. The molecule has 6 heteroatoms. The van der Waals surface area contributed by atoms with E-state index < -0.39 is 17.4 Å². The molecular formula is C10H9ClN2O3. The molecule has 84 valence electrons. The van der Waals surface area contributed by atoms with Crippen molar-refractivity contribution in [2.75, 3.05) is 0 Å². The molecular weight excluding hydrogens is 232 g/mol. The number of hydrogen-bond donors (Lipinski definition) is 1. The molecule has 1 N–H and O–H groups in total. The molecule has 0 aromatic heterocycles. The molecule has 16 heavy (non-hydrogen) atoms. The van der Waals surface area contributed by atoms with Crippen molar-refractivity contribution < 1.29 is 14.7 Å². The number of halogens is 1. The Hall–Kier alpha value is -1.62. The molecule has 0 radical (unpaired) electrons. The molecule has 0 aromatic carbocycles. The number of amidine groups is 1. The third-order valence-corrected chi connectivity index (χ3v) is 2.84. The second-order valence-electron chi connectivity index (χ2n) is 3.84. The van der Waals surface area contributed by atoms with Gasteiger partial charge in [-0.15, -0.1) is 0 Å². The number of nitrogens with zero attached hydrogens (tertiary/aromatic N) is 2. The van der Waals surface area contributed by atoms with Crippen LogP contribution >= 0.6 is 11.6 Å². The Morgan fingerprint density at radius 2 is 2.31 bits per heavy atom. The summed E-state index contributed by atoms with van der Waals surface area (Å²) in [5.41, 5.74) is -1.32. The predicted molar refractivity (Wildman–Crippen MR) is 58.0 cm³/mol. The third kappa shape index (κ3) is 1.53. The first kappa shape index (κ1) is 10.9. The predicted octanol–water partition coefficient (Wildman–Crippen LogP) is 1.11. The van der Waals surface area contributed by atoms with Gasteiger partial charge >= 0.3 is 5.97 Å². The van der Waals surface area contributed by atoms with E-state index in [0.29, 0.717) is 10.9 Å². The lowest BCUT2D eigenvalue weighted by molar-refractivity contribution is -0.149. The van der Waals surface area contributed by atoms with Crippen LogP contribution in [0.2, 0.25) is 0 Å². The molecule has 0 spiro atoms. The van der Waals surface area contributed by atoms with Gasteiger partial charge in [0.15, 0.2) is 0 Å². The summed E-state index contributed by atoms with van der Waals surface area (Å²) < 4.78 is 0.